The molecule has 3 aromatic rings. The second kappa shape index (κ2) is 5.85. The molecule has 0 amide bonds. The van der Waals surface area contributed by atoms with Crippen molar-refractivity contribution in [3.8, 4) is 11.3 Å². The molecule has 0 atom stereocenters. The van der Waals surface area contributed by atoms with Gasteiger partial charge in [0.25, 0.3) is 0 Å². The predicted octanol–water partition coefficient (Wildman–Crippen LogP) is 3.67. The molecule has 0 radical (unpaired) electrons. The van der Waals surface area contributed by atoms with Crippen LogP contribution >= 0.6 is 0 Å². The van der Waals surface area contributed by atoms with Gasteiger partial charge < -0.3 is 4.74 Å². The first kappa shape index (κ1) is 14.1. The summed E-state index contributed by atoms with van der Waals surface area (Å²) in [6.45, 7) is 2.03. The molecule has 0 saturated heterocycles. The zero-order valence-electron chi connectivity index (χ0n) is 12.2. The highest BCUT2D eigenvalue weighted by molar-refractivity contribution is 5.92. The molecule has 0 N–H and O–H groups in total. The zero-order chi connectivity index (χ0) is 15.5. The SMILES string of the molecule is CCOC(=O)n1c(-c2ccccc2)cc(=O)c2ccccc21. The van der Waals surface area contributed by atoms with Crippen LogP contribution in [-0.2, 0) is 4.74 Å². The monoisotopic (exact) mass is 293 g/mol. The van der Waals surface area contributed by atoms with E-state index in [1.165, 1.54) is 10.6 Å². The molecular formula is C18H15NO3. The van der Waals surface area contributed by atoms with Gasteiger partial charge in [-0.1, -0.05) is 42.5 Å². The zero-order valence-corrected chi connectivity index (χ0v) is 12.2. The molecule has 4 heteroatoms. The molecule has 2 aromatic carbocycles. The van der Waals surface area contributed by atoms with Crippen LogP contribution in [0.5, 0.6) is 0 Å². The maximum atomic E-state index is 12.4. The molecule has 0 spiro atoms. The number of ether oxygens (including phenoxy) is 1. The van der Waals surface area contributed by atoms with Crippen LogP contribution in [0.2, 0.25) is 0 Å². The maximum absolute atomic E-state index is 12.4. The van der Waals surface area contributed by atoms with Crippen LogP contribution in [0, 0.1) is 0 Å². The van der Waals surface area contributed by atoms with Gasteiger partial charge in [0.15, 0.2) is 5.43 Å². The topological polar surface area (TPSA) is 48.3 Å². The molecule has 0 unspecified atom stereocenters. The minimum absolute atomic E-state index is 0.116. The van der Waals surface area contributed by atoms with Crippen LogP contribution in [0.1, 0.15) is 6.92 Å². The fraction of sp³-hybridized carbons (Fsp3) is 0.111. The summed E-state index contributed by atoms with van der Waals surface area (Å²) in [5.41, 5.74) is 1.75. The Bertz CT molecular complexity index is 882. The van der Waals surface area contributed by atoms with Gasteiger partial charge in [-0.2, -0.15) is 0 Å². The van der Waals surface area contributed by atoms with Crippen molar-refractivity contribution >= 4 is 17.0 Å². The molecular weight excluding hydrogens is 278 g/mol. The van der Waals surface area contributed by atoms with E-state index in [9.17, 15) is 9.59 Å². The minimum atomic E-state index is -0.488. The van der Waals surface area contributed by atoms with Crippen molar-refractivity contribution in [3.63, 3.8) is 0 Å². The summed E-state index contributed by atoms with van der Waals surface area (Å²) in [5.74, 6) is 0. The van der Waals surface area contributed by atoms with Gasteiger partial charge in [-0.15, -0.1) is 0 Å². The van der Waals surface area contributed by atoms with E-state index in [0.29, 0.717) is 16.6 Å². The number of hydrogen-bond acceptors (Lipinski definition) is 3. The maximum Gasteiger partial charge on any atom is 0.418 e. The van der Waals surface area contributed by atoms with E-state index in [0.717, 1.165) is 5.56 Å². The minimum Gasteiger partial charge on any atom is -0.449 e. The lowest BCUT2D eigenvalue weighted by atomic mass is 10.1. The van der Waals surface area contributed by atoms with Crippen molar-refractivity contribution < 1.29 is 9.53 Å². The summed E-state index contributed by atoms with van der Waals surface area (Å²) in [4.78, 5) is 24.7. The molecule has 0 aliphatic rings. The van der Waals surface area contributed by atoms with Gasteiger partial charge in [0.05, 0.1) is 17.8 Å². The Hall–Kier alpha value is -2.88. The van der Waals surface area contributed by atoms with Crippen molar-refractivity contribution in [2.45, 2.75) is 6.92 Å². The van der Waals surface area contributed by atoms with Crippen LogP contribution in [0.15, 0.2) is 65.5 Å². The highest BCUT2D eigenvalue weighted by Gasteiger charge is 2.16. The first-order valence-electron chi connectivity index (χ1n) is 7.09. The Morgan fingerprint density at radius 3 is 2.45 bits per heavy atom. The van der Waals surface area contributed by atoms with Crippen LogP contribution in [0.3, 0.4) is 0 Å². The van der Waals surface area contributed by atoms with E-state index in [2.05, 4.69) is 0 Å². The smallest absolute Gasteiger partial charge is 0.418 e. The highest BCUT2D eigenvalue weighted by atomic mass is 16.5. The predicted molar refractivity (Wildman–Crippen MR) is 86.1 cm³/mol. The lowest BCUT2D eigenvalue weighted by Gasteiger charge is -2.15. The normalized spacial score (nSPS) is 10.6. The van der Waals surface area contributed by atoms with E-state index in [4.69, 9.17) is 4.74 Å². The van der Waals surface area contributed by atoms with E-state index >= 15 is 0 Å². The number of aromatic nitrogens is 1. The highest BCUT2D eigenvalue weighted by Crippen LogP contribution is 2.22. The number of carbonyl (C=O) groups is 1. The molecule has 1 aromatic heterocycles. The first-order valence-corrected chi connectivity index (χ1v) is 7.09. The summed E-state index contributed by atoms with van der Waals surface area (Å²) in [7, 11) is 0. The fourth-order valence-electron chi connectivity index (χ4n) is 2.48. The third-order valence-electron chi connectivity index (χ3n) is 3.44. The van der Waals surface area contributed by atoms with Gasteiger partial charge in [-0.3, -0.25) is 4.79 Å². The standard InChI is InChI=1S/C18H15NO3/c1-2-22-18(21)19-15-11-7-6-10-14(15)17(20)12-16(19)13-8-4-3-5-9-13/h3-12H,2H2,1H3. The number of para-hydroxylation sites is 1. The van der Waals surface area contributed by atoms with Crippen LogP contribution in [-0.4, -0.2) is 17.3 Å². The van der Waals surface area contributed by atoms with Crippen molar-refractivity contribution in [2.75, 3.05) is 6.61 Å². The van der Waals surface area contributed by atoms with E-state index in [-0.39, 0.29) is 12.0 Å². The second-order valence-electron chi connectivity index (χ2n) is 4.81. The van der Waals surface area contributed by atoms with Gasteiger partial charge in [-0.25, -0.2) is 9.36 Å². The number of nitrogens with zero attached hydrogens (tertiary/aromatic N) is 1. The van der Waals surface area contributed by atoms with Crippen LogP contribution < -0.4 is 5.43 Å². The Balaban J connectivity index is 2.38. The number of rotatable bonds is 2. The molecule has 0 fully saturated rings. The number of carbonyl (C=O) groups excluding carboxylic acids is 1. The molecule has 0 aliphatic heterocycles. The third-order valence-corrected chi connectivity index (χ3v) is 3.44. The Kier molecular flexibility index (Phi) is 3.74. The average Bonchev–Trinajstić information content (AvgIpc) is 2.56. The number of fused-ring (bicyclic) bond motifs is 1. The lowest BCUT2D eigenvalue weighted by molar-refractivity contribution is 0.155. The van der Waals surface area contributed by atoms with Crippen LogP contribution in [0.25, 0.3) is 22.2 Å². The quantitative estimate of drug-likeness (QED) is 0.724. The van der Waals surface area contributed by atoms with Crippen molar-refractivity contribution in [3.05, 3.63) is 70.9 Å². The molecule has 110 valence electrons. The third kappa shape index (κ3) is 2.39. The molecule has 4 nitrogen and oxygen atoms in total. The number of pyridine rings is 1. The fourth-order valence-corrected chi connectivity index (χ4v) is 2.48. The van der Waals surface area contributed by atoms with Gasteiger partial charge in [0, 0.05) is 11.5 Å². The summed E-state index contributed by atoms with van der Waals surface area (Å²) in [5, 5.41) is 0.496. The van der Waals surface area contributed by atoms with E-state index in [1.54, 1.807) is 31.2 Å². The molecule has 22 heavy (non-hydrogen) atoms. The molecule has 1 heterocycles. The van der Waals surface area contributed by atoms with Crippen molar-refractivity contribution in [1.29, 1.82) is 0 Å². The van der Waals surface area contributed by atoms with Gasteiger partial charge in [0.1, 0.15) is 0 Å². The molecule has 0 bridgehead atoms. The Labute approximate surface area is 127 Å². The molecule has 3 rings (SSSR count). The van der Waals surface area contributed by atoms with Gasteiger partial charge >= 0.3 is 6.09 Å². The second-order valence-corrected chi connectivity index (χ2v) is 4.81. The summed E-state index contributed by atoms with van der Waals surface area (Å²) >= 11 is 0. The largest absolute Gasteiger partial charge is 0.449 e. The average molecular weight is 293 g/mol. The number of hydrogen-bond donors (Lipinski definition) is 0. The van der Waals surface area contributed by atoms with Crippen molar-refractivity contribution in [1.82, 2.24) is 4.57 Å². The summed E-state index contributed by atoms with van der Waals surface area (Å²) < 4.78 is 6.61. The van der Waals surface area contributed by atoms with E-state index < -0.39 is 6.09 Å². The first-order chi connectivity index (χ1) is 10.7. The van der Waals surface area contributed by atoms with E-state index in [1.807, 2.05) is 30.3 Å². The Morgan fingerprint density at radius 2 is 1.73 bits per heavy atom. The van der Waals surface area contributed by atoms with Crippen LogP contribution in [0.4, 0.5) is 4.79 Å². The van der Waals surface area contributed by atoms with Crippen molar-refractivity contribution in [2.24, 2.45) is 0 Å². The summed E-state index contributed by atoms with van der Waals surface area (Å²) in [6, 6.07) is 17.9. The van der Waals surface area contributed by atoms with Gasteiger partial charge in [0.2, 0.25) is 0 Å². The van der Waals surface area contributed by atoms with Gasteiger partial charge in [-0.05, 0) is 24.6 Å². The molecule has 0 saturated carbocycles. The number of benzene rings is 2. The Morgan fingerprint density at radius 1 is 1.05 bits per heavy atom. The summed E-state index contributed by atoms with van der Waals surface area (Å²) in [6.07, 6.45) is -0.488. The molecule has 0 aliphatic carbocycles. The lowest BCUT2D eigenvalue weighted by Crippen LogP contribution is -2.20.